The van der Waals surface area contributed by atoms with Crippen molar-refractivity contribution in [1.29, 1.82) is 0 Å². The highest BCUT2D eigenvalue weighted by molar-refractivity contribution is 7.89. The van der Waals surface area contributed by atoms with Crippen LogP contribution in [-0.2, 0) is 16.4 Å². The van der Waals surface area contributed by atoms with E-state index in [1.165, 1.54) is 18.6 Å². The summed E-state index contributed by atoms with van der Waals surface area (Å²) in [5, 5.41) is 9.74. The average Bonchev–Trinajstić information content (AvgIpc) is 3.49. The van der Waals surface area contributed by atoms with E-state index in [4.69, 9.17) is 5.14 Å². The van der Waals surface area contributed by atoms with Crippen LogP contribution in [0.3, 0.4) is 0 Å². The molecule has 0 radical (unpaired) electrons. The van der Waals surface area contributed by atoms with Crippen LogP contribution in [0.25, 0.3) is 5.69 Å². The van der Waals surface area contributed by atoms with Crippen molar-refractivity contribution in [2.45, 2.75) is 36.6 Å². The minimum atomic E-state index is -3.79. The lowest BCUT2D eigenvalue weighted by atomic mass is 10.1. The molecule has 1 aliphatic heterocycles. The summed E-state index contributed by atoms with van der Waals surface area (Å²) in [6, 6.07) is 16.2. The van der Waals surface area contributed by atoms with Gasteiger partial charge in [-0.3, -0.25) is 4.79 Å². The number of benzene rings is 2. The first-order valence-electron chi connectivity index (χ1n) is 10.3. The fraction of sp³-hybridized carbons (Fsp3) is 0.318. The first-order valence-corrected chi connectivity index (χ1v) is 11.9. The number of nitrogens with two attached hydrogens (primary N) is 1. The van der Waals surface area contributed by atoms with E-state index in [-0.39, 0.29) is 22.7 Å². The second-order valence-electron chi connectivity index (χ2n) is 8.26. The Morgan fingerprint density at radius 3 is 2.42 bits per heavy atom. The predicted molar refractivity (Wildman–Crippen MR) is 114 cm³/mol. The Balaban J connectivity index is 1.51. The SMILES string of the molecule is NS(=O)(=O)c1ccc(-n2nc(C(=O)N3CC4CCC3C4)nc2Cc2ccccc2)cc1. The van der Waals surface area contributed by atoms with E-state index >= 15 is 0 Å². The molecule has 2 atom stereocenters. The molecule has 1 saturated heterocycles. The van der Waals surface area contributed by atoms with Gasteiger partial charge in [0.15, 0.2) is 0 Å². The van der Waals surface area contributed by atoms with Gasteiger partial charge in [-0.25, -0.2) is 23.2 Å². The van der Waals surface area contributed by atoms with Crippen molar-refractivity contribution >= 4 is 15.9 Å². The van der Waals surface area contributed by atoms with Crippen LogP contribution in [0, 0.1) is 5.92 Å². The van der Waals surface area contributed by atoms with E-state index in [1.807, 2.05) is 35.2 Å². The van der Waals surface area contributed by atoms with Crippen molar-refractivity contribution in [2.24, 2.45) is 11.1 Å². The van der Waals surface area contributed by atoms with Crippen LogP contribution in [0.5, 0.6) is 0 Å². The minimum absolute atomic E-state index is 0.0189. The van der Waals surface area contributed by atoms with Crippen molar-refractivity contribution in [3.05, 3.63) is 71.8 Å². The molecule has 1 aromatic heterocycles. The zero-order valence-corrected chi connectivity index (χ0v) is 17.7. The molecule has 2 bridgehead atoms. The molecule has 2 N–H and O–H groups in total. The number of carbonyl (C=O) groups is 1. The number of hydrogen-bond donors (Lipinski definition) is 1. The Kier molecular flexibility index (Phi) is 4.86. The minimum Gasteiger partial charge on any atom is -0.333 e. The molecule has 160 valence electrons. The Morgan fingerprint density at radius 1 is 1.06 bits per heavy atom. The number of hydrogen-bond acceptors (Lipinski definition) is 5. The van der Waals surface area contributed by atoms with Crippen molar-refractivity contribution in [1.82, 2.24) is 19.7 Å². The van der Waals surface area contributed by atoms with Crippen LogP contribution in [0.15, 0.2) is 59.5 Å². The summed E-state index contributed by atoms with van der Waals surface area (Å²) in [5.41, 5.74) is 1.66. The van der Waals surface area contributed by atoms with E-state index in [0.717, 1.165) is 24.9 Å². The predicted octanol–water partition coefficient (Wildman–Crippen LogP) is 2.13. The molecule has 8 nitrogen and oxygen atoms in total. The summed E-state index contributed by atoms with van der Waals surface area (Å²) in [6.07, 6.45) is 3.79. The molecule has 2 aliphatic rings. The van der Waals surface area contributed by atoms with Crippen molar-refractivity contribution in [3.8, 4) is 5.69 Å². The number of primary sulfonamides is 1. The third kappa shape index (κ3) is 3.86. The summed E-state index contributed by atoms with van der Waals surface area (Å²) in [5.74, 6) is 1.24. The lowest BCUT2D eigenvalue weighted by Crippen LogP contribution is -2.38. The van der Waals surface area contributed by atoms with Gasteiger partial charge in [-0.05, 0) is 55.0 Å². The van der Waals surface area contributed by atoms with Crippen LogP contribution >= 0.6 is 0 Å². The molecular weight excluding hydrogens is 414 g/mol. The molecule has 1 amide bonds. The molecule has 2 heterocycles. The van der Waals surface area contributed by atoms with Gasteiger partial charge < -0.3 is 4.90 Å². The van der Waals surface area contributed by atoms with Crippen LogP contribution < -0.4 is 5.14 Å². The van der Waals surface area contributed by atoms with E-state index in [2.05, 4.69) is 10.1 Å². The topological polar surface area (TPSA) is 111 Å². The lowest BCUT2D eigenvalue weighted by Gasteiger charge is -2.25. The average molecular weight is 438 g/mol. The number of aromatic nitrogens is 3. The molecule has 1 saturated carbocycles. The van der Waals surface area contributed by atoms with Gasteiger partial charge in [-0.15, -0.1) is 5.10 Å². The van der Waals surface area contributed by atoms with Crippen LogP contribution in [0.1, 0.15) is 41.3 Å². The summed E-state index contributed by atoms with van der Waals surface area (Å²) in [7, 11) is -3.79. The lowest BCUT2D eigenvalue weighted by molar-refractivity contribution is 0.0691. The number of sulfonamides is 1. The third-order valence-corrected chi connectivity index (χ3v) is 7.08. The number of likely N-dealkylation sites (tertiary alicyclic amines) is 1. The molecule has 0 spiro atoms. The number of piperidine rings is 1. The molecule has 2 aromatic carbocycles. The highest BCUT2D eigenvalue weighted by atomic mass is 32.2. The molecule has 1 aliphatic carbocycles. The number of nitrogens with zero attached hydrogens (tertiary/aromatic N) is 4. The highest BCUT2D eigenvalue weighted by Gasteiger charge is 2.41. The molecule has 9 heteroatoms. The smallest absolute Gasteiger partial charge is 0.293 e. The van der Waals surface area contributed by atoms with E-state index in [0.29, 0.717) is 23.9 Å². The van der Waals surface area contributed by atoms with Crippen molar-refractivity contribution in [3.63, 3.8) is 0 Å². The zero-order chi connectivity index (χ0) is 21.6. The van der Waals surface area contributed by atoms with Gasteiger partial charge >= 0.3 is 0 Å². The van der Waals surface area contributed by atoms with Crippen LogP contribution in [-0.4, -0.2) is 46.6 Å². The maximum Gasteiger partial charge on any atom is 0.293 e. The second-order valence-corrected chi connectivity index (χ2v) is 9.82. The van der Waals surface area contributed by atoms with E-state index in [9.17, 15) is 13.2 Å². The molecule has 2 unspecified atom stereocenters. The molecule has 3 aromatic rings. The Labute approximate surface area is 180 Å². The van der Waals surface area contributed by atoms with Gasteiger partial charge in [0.1, 0.15) is 5.82 Å². The fourth-order valence-corrected chi connectivity index (χ4v) is 5.13. The number of fused-ring (bicyclic) bond motifs is 2. The zero-order valence-electron chi connectivity index (χ0n) is 16.9. The highest BCUT2D eigenvalue weighted by Crippen LogP contribution is 2.37. The molecule has 31 heavy (non-hydrogen) atoms. The summed E-state index contributed by atoms with van der Waals surface area (Å²) >= 11 is 0. The van der Waals surface area contributed by atoms with Gasteiger partial charge in [0.2, 0.25) is 15.8 Å². The van der Waals surface area contributed by atoms with Crippen LogP contribution in [0.4, 0.5) is 0 Å². The summed E-state index contributed by atoms with van der Waals surface area (Å²) in [4.78, 5) is 19.7. The number of carbonyl (C=O) groups excluding carboxylic acids is 1. The largest absolute Gasteiger partial charge is 0.333 e. The normalized spacial score (nSPS) is 20.4. The molecule has 5 rings (SSSR count). The Hall–Kier alpha value is -3.04. The summed E-state index contributed by atoms with van der Waals surface area (Å²) < 4.78 is 24.8. The Bertz CT molecular complexity index is 1220. The second kappa shape index (κ2) is 7.58. The number of rotatable bonds is 5. The van der Waals surface area contributed by atoms with Crippen LogP contribution in [0.2, 0.25) is 0 Å². The van der Waals surface area contributed by atoms with E-state index < -0.39 is 10.0 Å². The standard InChI is InChI=1S/C22H23N5O3S/c23-31(29,30)19-10-8-17(9-11-19)27-20(13-15-4-2-1-3-5-15)24-21(25-27)22(28)26-14-16-6-7-18(26)12-16/h1-5,8-11,16,18H,6-7,12-14H2,(H2,23,29,30). The van der Waals surface area contributed by atoms with Gasteiger partial charge in [0.05, 0.1) is 10.6 Å². The quantitative estimate of drug-likeness (QED) is 0.657. The monoisotopic (exact) mass is 437 g/mol. The first-order chi connectivity index (χ1) is 14.9. The number of amides is 1. The van der Waals surface area contributed by atoms with Crippen molar-refractivity contribution in [2.75, 3.05) is 6.54 Å². The van der Waals surface area contributed by atoms with Gasteiger partial charge in [-0.2, -0.15) is 0 Å². The third-order valence-electron chi connectivity index (χ3n) is 6.15. The first kappa shape index (κ1) is 19.9. The van der Waals surface area contributed by atoms with E-state index in [1.54, 1.807) is 16.8 Å². The van der Waals surface area contributed by atoms with Gasteiger partial charge in [-0.1, -0.05) is 30.3 Å². The fourth-order valence-electron chi connectivity index (χ4n) is 4.61. The maximum atomic E-state index is 13.2. The van der Waals surface area contributed by atoms with Gasteiger partial charge in [0.25, 0.3) is 5.91 Å². The molecule has 2 fully saturated rings. The Morgan fingerprint density at radius 2 is 1.81 bits per heavy atom. The van der Waals surface area contributed by atoms with Crippen molar-refractivity contribution < 1.29 is 13.2 Å². The maximum absolute atomic E-state index is 13.2. The summed E-state index contributed by atoms with van der Waals surface area (Å²) in [6.45, 7) is 0.773. The van der Waals surface area contributed by atoms with Gasteiger partial charge in [0, 0.05) is 19.0 Å². The molecular formula is C22H23N5O3S.